The summed E-state index contributed by atoms with van der Waals surface area (Å²) >= 11 is 5.39. The van der Waals surface area contributed by atoms with E-state index in [1.807, 2.05) is 18.5 Å². The van der Waals surface area contributed by atoms with Gasteiger partial charge in [-0.25, -0.2) is 13.6 Å². The Hall–Kier alpha value is -2.75. The lowest BCUT2D eigenvalue weighted by molar-refractivity contribution is 0.598. The molecule has 0 aliphatic heterocycles. The highest BCUT2D eigenvalue weighted by Crippen LogP contribution is 2.21. The Balaban J connectivity index is 1.70. The van der Waals surface area contributed by atoms with Gasteiger partial charge in [-0.3, -0.25) is 4.68 Å². The Bertz CT molecular complexity index is 1130. The minimum atomic E-state index is -3.72. The van der Waals surface area contributed by atoms with Crippen LogP contribution < -0.4 is 15.8 Å². The number of aryl methyl sites for hydroxylation is 2. The van der Waals surface area contributed by atoms with Gasteiger partial charge >= 0.3 is 0 Å². The van der Waals surface area contributed by atoms with E-state index in [9.17, 15) is 8.42 Å². The van der Waals surface area contributed by atoms with Crippen molar-refractivity contribution in [1.82, 2.24) is 9.78 Å². The third kappa shape index (κ3) is 5.20. The summed E-state index contributed by atoms with van der Waals surface area (Å²) in [7, 11) is -3.72. The topological polar surface area (TPSA) is 102 Å². The zero-order chi connectivity index (χ0) is 21.2. The predicted octanol–water partition coefficient (Wildman–Crippen LogP) is 3.31. The molecule has 29 heavy (non-hydrogen) atoms. The van der Waals surface area contributed by atoms with Gasteiger partial charge in [-0.15, -0.1) is 0 Å². The average molecular weight is 430 g/mol. The normalized spacial score (nSPS) is 11.3. The number of rotatable bonds is 5. The highest BCUT2D eigenvalue weighted by molar-refractivity contribution is 7.89. The third-order valence-corrected chi connectivity index (χ3v) is 5.65. The lowest BCUT2D eigenvalue weighted by Gasteiger charge is -2.12. The molecule has 9 heteroatoms. The number of nitrogens with zero attached hydrogens (tertiary/aromatic N) is 2. The molecular weight excluding hydrogens is 406 g/mol. The van der Waals surface area contributed by atoms with Crippen LogP contribution in [0.5, 0.6) is 0 Å². The number of hydrogen-bond donors (Lipinski definition) is 3. The fourth-order valence-electron chi connectivity index (χ4n) is 2.90. The number of nitrogens with one attached hydrogen (secondary N) is 2. The fourth-order valence-corrected chi connectivity index (χ4v) is 3.64. The largest absolute Gasteiger partial charge is 0.332 e. The molecule has 3 aromatic rings. The standard InChI is InChI=1S/C20H23N5O2S2/c1-13-4-6-16(7-5-13)12-25-15(3)19(14(2)24-25)23-20(28)22-17-8-10-18(11-9-17)29(21,26)27/h4-11H,12H2,1-3H3,(H2,21,26,27)(H2,22,23,28). The summed E-state index contributed by atoms with van der Waals surface area (Å²) in [5.41, 5.74) is 5.69. The number of primary sulfonamides is 1. The smallest absolute Gasteiger partial charge is 0.238 e. The van der Waals surface area contributed by atoms with Gasteiger partial charge in [0, 0.05) is 5.69 Å². The molecule has 0 unspecified atom stereocenters. The van der Waals surface area contributed by atoms with Crippen LogP contribution in [-0.4, -0.2) is 23.3 Å². The van der Waals surface area contributed by atoms with Crippen LogP contribution in [0.4, 0.5) is 11.4 Å². The molecule has 0 amide bonds. The van der Waals surface area contributed by atoms with E-state index >= 15 is 0 Å². The summed E-state index contributed by atoms with van der Waals surface area (Å²) in [6.07, 6.45) is 0. The van der Waals surface area contributed by atoms with E-state index in [0.29, 0.717) is 17.3 Å². The molecule has 0 bridgehead atoms. The van der Waals surface area contributed by atoms with Crippen LogP contribution in [0.25, 0.3) is 0 Å². The molecule has 7 nitrogen and oxygen atoms in total. The van der Waals surface area contributed by atoms with Crippen molar-refractivity contribution in [2.45, 2.75) is 32.2 Å². The van der Waals surface area contributed by atoms with Crippen LogP contribution in [0.1, 0.15) is 22.5 Å². The molecule has 1 aromatic heterocycles. The molecule has 0 spiro atoms. The Kier molecular flexibility index (Phi) is 6.02. The van der Waals surface area contributed by atoms with Crippen molar-refractivity contribution in [3.05, 3.63) is 71.0 Å². The second-order valence-corrected chi connectivity index (χ2v) is 8.81. The van der Waals surface area contributed by atoms with Gasteiger partial charge in [0.1, 0.15) is 0 Å². The summed E-state index contributed by atoms with van der Waals surface area (Å²) in [6, 6.07) is 14.4. The third-order valence-electron chi connectivity index (χ3n) is 4.51. The van der Waals surface area contributed by atoms with Crippen molar-refractivity contribution in [3.63, 3.8) is 0 Å². The highest BCUT2D eigenvalue weighted by atomic mass is 32.2. The fraction of sp³-hybridized carbons (Fsp3) is 0.200. The summed E-state index contributed by atoms with van der Waals surface area (Å²) in [5, 5.41) is 16.3. The molecule has 1 heterocycles. The molecule has 152 valence electrons. The van der Waals surface area contributed by atoms with Crippen LogP contribution >= 0.6 is 12.2 Å². The first kappa shape index (κ1) is 21.0. The Labute approximate surface area is 176 Å². The van der Waals surface area contributed by atoms with E-state index in [1.165, 1.54) is 23.3 Å². The van der Waals surface area contributed by atoms with E-state index in [0.717, 1.165) is 17.1 Å². The Morgan fingerprint density at radius 1 is 1.03 bits per heavy atom. The van der Waals surface area contributed by atoms with Crippen molar-refractivity contribution in [3.8, 4) is 0 Å². The van der Waals surface area contributed by atoms with Crippen LogP contribution in [0.3, 0.4) is 0 Å². The summed E-state index contributed by atoms with van der Waals surface area (Å²) in [6.45, 7) is 6.64. The lowest BCUT2D eigenvalue weighted by atomic mass is 10.1. The van der Waals surface area contributed by atoms with Crippen LogP contribution in [0.15, 0.2) is 53.4 Å². The first-order valence-corrected chi connectivity index (χ1v) is 10.9. The van der Waals surface area contributed by atoms with Crippen molar-refractivity contribution in [2.24, 2.45) is 5.14 Å². The van der Waals surface area contributed by atoms with Gasteiger partial charge < -0.3 is 10.6 Å². The number of benzene rings is 2. The summed E-state index contributed by atoms with van der Waals surface area (Å²) in [4.78, 5) is 0.0472. The second-order valence-electron chi connectivity index (χ2n) is 6.84. The van der Waals surface area contributed by atoms with Crippen molar-refractivity contribution in [1.29, 1.82) is 0 Å². The quantitative estimate of drug-likeness (QED) is 0.538. The average Bonchev–Trinajstić information content (AvgIpc) is 2.91. The maximum Gasteiger partial charge on any atom is 0.238 e. The van der Waals surface area contributed by atoms with Crippen molar-refractivity contribution < 1.29 is 8.42 Å². The maximum absolute atomic E-state index is 11.3. The molecule has 0 aliphatic carbocycles. The zero-order valence-corrected chi connectivity index (χ0v) is 18.1. The number of nitrogens with two attached hydrogens (primary N) is 1. The van der Waals surface area contributed by atoms with Gasteiger partial charge in [0.25, 0.3) is 0 Å². The zero-order valence-electron chi connectivity index (χ0n) is 16.4. The molecule has 3 rings (SSSR count). The van der Waals surface area contributed by atoms with E-state index in [-0.39, 0.29) is 4.90 Å². The number of aromatic nitrogens is 2. The summed E-state index contributed by atoms with van der Waals surface area (Å²) in [5.74, 6) is 0. The molecule has 0 aliphatic rings. The van der Waals surface area contributed by atoms with E-state index in [1.54, 1.807) is 12.1 Å². The molecular formula is C20H23N5O2S2. The number of thiocarbonyl (C=S) groups is 1. The number of hydrogen-bond acceptors (Lipinski definition) is 4. The molecule has 0 fully saturated rings. The number of sulfonamides is 1. The van der Waals surface area contributed by atoms with Gasteiger partial charge in [0.15, 0.2) is 5.11 Å². The monoisotopic (exact) mass is 429 g/mol. The molecule has 4 N–H and O–H groups in total. The van der Waals surface area contributed by atoms with Gasteiger partial charge in [0.05, 0.1) is 28.5 Å². The van der Waals surface area contributed by atoms with Crippen molar-refractivity contribution >= 4 is 38.7 Å². The highest BCUT2D eigenvalue weighted by Gasteiger charge is 2.13. The van der Waals surface area contributed by atoms with Gasteiger partial charge in [-0.1, -0.05) is 29.8 Å². The molecule has 0 saturated heterocycles. The minimum Gasteiger partial charge on any atom is -0.332 e. The van der Waals surface area contributed by atoms with Gasteiger partial charge in [0.2, 0.25) is 10.0 Å². The minimum absolute atomic E-state index is 0.0472. The van der Waals surface area contributed by atoms with E-state index in [4.69, 9.17) is 17.4 Å². The van der Waals surface area contributed by atoms with Gasteiger partial charge in [-0.2, -0.15) is 5.10 Å². The SMILES string of the molecule is Cc1ccc(Cn2nc(C)c(NC(=S)Nc3ccc(S(N)(=O)=O)cc3)c2C)cc1. The first-order valence-electron chi connectivity index (χ1n) is 8.94. The number of anilines is 2. The first-order chi connectivity index (χ1) is 13.6. The van der Waals surface area contributed by atoms with E-state index < -0.39 is 10.0 Å². The van der Waals surface area contributed by atoms with E-state index in [2.05, 4.69) is 46.9 Å². The lowest BCUT2D eigenvalue weighted by Crippen LogP contribution is -2.20. The van der Waals surface area contributed by atoms with Crippen LogP contribution in [-0.2, 0) is 16.6 Å². The molecule has 2 aromatic carbocycles. The summed E-state index contributed by atoms with van der Waals surface area (Å²) < 4.78 is 24.6. The van der Waals surface area contributed by atoms with Crippen LogP contribution in [0.2, 0.25) is 0 Å². The van der Waals surface area contributed by atoms with Crippen molar-refractivity contribution in [2.75, 3.05) is 10.6 Å². The maximum atomic E-state index is 11.3. The van der Waals surface area contributed by atoms with Gasteiger partial charge in [-0.05, 0) is 62.8 Å². The van der Waals surface area contributed by atoms with Crippen LogP contribution in [0, 0.1) is 20.8 Å². The predicted molar refractivity (Wildman–Crippen MR) is 120 cm³/mol. The molecule has 0 saturated carbocycles. The molecule has 0 radical (unpaired) electrons. The second kappa shape index (κ2) is 8.32. The molecule has 0 atom stereocenters. The Morgan fingerprint density at radius 3 is 2.24 bits per heavy atom. The Morgan fingerprint density at radius 2 is 1.66 bits per heavy atom.